The summed E-state index contributed by atoms with van der Waals surface area (Å²) in [6.07, 6.45) is 4.90. The van der Waals surface area contributed by atoms with Crippen molar-refractivity contribution >= 4 is 11.4 Å². The van der Waals surface area contributed by atoms with Crippen LogP contribution in [0.5, 0.6) is 0 Å². The maximum atomic E-state index is 4.68. The van der Waals surface area contributed by atoms with Crippen molar-refractivity contribution in [2.45, 2.75) is 6.42 Å². The van der Waals surface area contributed by atoms with Gasteiger partial charge in [0.1, 0.15) is 0 Å². The van der Waals surface area contributed by atoms with E-state index in [9.17, 15) is 0 Å². The molecule has 0 aromatic heterocycles. The van der Waals surface area contributed by atoms with Gasteiger partial charge in [0.05, 0.1) is 11.4 Å². The quantitative estimate of drug-likeness (QED) is 0.894. The number of anilines is 1. The van der Waals surface area contributed by atoms with Crippen LogP contribution in [0.3, 0.4) is 0 Å². The van der Waals surface area contributed by atoms with E-state index in [0.717, 1.165) is 19.5 Å². The lowest BCUT2D eigenvalue weighted by Crippen LogP contribution is -2.19. The molecule has 2 aliphatic rings. The van der Waals surface area contributed by atoms with E-state index in [-0.39, 0.29) is 0 Å². The number of hydrogen-bond donors (Lipinski definition) is 2. The predicted octanol–water partition coefficient (Wildman–Crippen LogP) is 2.91. The number of hydrazone groups is 1. The average molecular weight is 292 g/mol. The highest BCUT2D eigenvalue weighted by Gasteiger charge is 2.16. The van der Waals surface area contributed by atoms with Crippen molar-refractivity contribution in [1.82, 2.24) is 10.9 Å². The first-order valence-corrected chi connectivity index (χ1v) is 7.52. The lowest BCUT2D eigenvalue weighted by atomic mass is 10.1. The fourth-order valence-electron chi connectivity index (χ4n) is 2.37. The van der Waals surface area contributed by atoms with Crippen LogP contribution < -0.4 is 15.9 Å². The fourth-order valence-corrected chi connectivity index (χ4v) is 2.37. The van der Waals surface area contributed by atoms with Gasteiger partial charge in [-0.2, -0.15) is 5.10 Å². The molecule has 2 aromatic rings. The monoisotopic (exact) mass is 292 g/mol. The molecule has 22 heavy (non-hydrogen) atoms. The molecule has 0 unspecified atom stereocenters. The largest absolute Gasteiger partial charge is 0.329 e. The smallest absolute Gasteiger partial charge is 0.0700 e. The second-order valence-electron chi connectivity index (χ2n) is 5.05. The molecule has 0 saturated carbocycles. The highest BCUT2D eigenvalue weighted by Crippen LogP contribution is 2.20. The van der Waals surface area contributed by atoms with E-state index in [2.05, 4.69) is 57.4 Å². The van der Waals surface area contributed by atoms with Gasteiger partial charge in [0.25, 0.3) is 0 Å². The number of nitrogens with one attached hydrogen (secondary N) is 2. The first-order chi connectivity index (χ1) is 10.9. The minimum Gasteiger partial charge on any atom is -0.329 e. The van der Waals surface area contributed by atoms with Crippen LogP contribution in [0.15, 0.2) is 78.0 Å². The van der Waals surface area contributed by atoms with Crippen molar-refractivity contribution in [2.24, 2.45) is 5.10 Å². The first kappa shape index (κ1) is 14.4. The minimum absolute atomic E-state index is 0.958. The topological polar surface area (TPSA) is 39.7 Å². The molecular formula is C18H20N4. The van der Waals surface area contributed by atoms with Crippen molar-refractivity contribution in [1.29, 1.82) is 0 Å². The zero-order chi connectivity index (χ0) is 15.0. The van der Waals surface area contributed by atoms with E-state index < -0.39 is 0 Å². The van der Waals surface area contributed by atoms with Gasteiger partial charge in [0.15, 0.2) is 0 Å². The Kier molecular flexibility index (Phi) is 4.85. The Morgan fingerprint density at radius 1 is 0.909 bits per heavy atom. The van der Waals surface area contributed by atoms with Gasteiger partial charge in [-0.25, -0.2) is 5.43 Å². The third-order valence-electron chi connectivity index (χ3n) is 3.49. The Morgan fingerprint density at radius 3 is 2.23 bits per heavy atom. The van der Waals surface area contributed by atoms with Gasteiger partial charge in [-0.1, -0.05) is 54.6 Å². The molecule has 0 atom stereocenters. The summed E-state index contributed by atoms with van der Waals surface area (Å²) in [5.41, 5.74) is 9.22. The first-order valence-electron chi connectivity index (χ1n) is 7.52. The molecule has 0 bridgehead atoms. The van der Waals surface area contributed by atoms with E-state index in [4.69, 9.17) is 0 Å². The molecule has 0 aliphatic carbocycles. The van der Waals surface area contributed by atoms with Crippen molar-refractivity contribution in [2.75, 3.05) is 18.1 Å². The number of rotatable bonds is 2. The fraction of sp³-hybridized carbons (Fsp3) is 0.167. The predicted molar refractivity (Wildman–Crippen MR) is 91.7 cm³/mol. The molecular weight excluding hydrogens is 272 g/mol. The van der Waals surface area contributed by atoms with E-state index >= 15 is 0 Å². The molecule has 4 nitrogen and oxygen atoms in total. The zero-order valence-electron chi connectivity index (χ0n) is 12.4. The zero-order valence-corrected chi connectivity index (χ0v) is 12.4. The Morgan fingerprint density at radius 2 is 1.64 bits per heavy atom. The highest BCUT2D eigenvalue weighted by molar-refractivity contribution is 6.02. The highest BCUT2D eigenvalue weighted by atomic mass is 15.5. The van der Waals surface area contributed by atoms with Gasteiger partial charge < -0.3 is 5.43 Å². The van der Waals surface area contributed by atoms with E-state index in [1.54, 1.807) is 0 Å². The Hall–Kier alpha value is -2.59. The van der Waals surface area contributed by atoms with Crippen LogP contribution in [0, 0.1) is 0 Å². The summed E-state index contributed by atoms with van der Waals surface area (Å²) in [5, 5.41) is 6.75. The molecule has 2 aliphatic heterocycles. The van der Waals surface area contributed by atoms with Crippen molar-refractivity contribution in [3.63, 3.8) is 0 Å². The third-order valence-corrected chi connectivity index (χ3v) is 3.49. The van der Waals surface area contributed by atoms with E-state index in [1.807, 2.05) is 36.5 Å². The van der Waals surface area contributed by atoms with Crippen LogP contribution in [0.1, 0.15) is 12.0 Å². The number of hydrazine groups is 1. The van der Waals surface area contributed by atoms with Gasteiger partial charge >= 0.3 is 0 Å². The van der Waals surface area contributed by atoms with Gasteiger partial charge in [0.2, 0.25) is 0 Å². The molecule has 0 spiro atoms. The Balaban J connectivity index is 0.000000246. The van der Waals surface area contributed by atoms with Crippen LogP contribution in [0.2, 0.25) is 0 Å². The van der Waals surface area contributed by atoms with Crippen molar-refractivity contribution in [3.8, 4) is 0 Å². The Labute approximate surface area is 131 Å². The summed E-state index contributed by atoms with van der Waals surface area (Å²) in [6.45, 7) is 1.92. The number of hydrogen-bond acceptors (Lipinski definition) is 4. The standard InChI is InChI=1S/C15H14N2.C3H6N2/c1-3-7-13(8-4-1)15-11-12-17(16-15)14-9-5-2-6-10-14;1-2-4-5-3-1/h1-10H,11-12H2;1-2,4-5H,3H2. The lowest BCUT2D eigenvalue weighted by molar-refractivity contribution is 0.727. The van der Waals surface area contributed by atoms with Crippen LogP contribution in [0.25, 0.3) is 0 Å². The van der Waals surface area contributed by atoms with E-state index in [1.165, 1.54) is 17.0 Å². The van der Waals surface area contributed by atoms with Crippen LogP contribution in [0.4, 0.5) is 5.69 Å². The summed E-state index contributed by atoms with van der Waals surface area (Å²) in [4.78, 5) is 0. The van der Waals surface area contributed by atoms with Gasteiger partial charge in [-0.05, 0) is 17.7 Å². The minimum atomic E-state index is 0.958. The summed E-state index contributed by atoms with van der Waals surface area (Å²) >= 11 is 0. The summed E-state index contributed by atoms with van der Waals surface area (Å²) < 4.78 is 0. The second-order valence-corrected chi connectivity index (χ2v) is 5.05. The maximum absolute atomic E-state index is 4.68. The molecule has 4 rings (SSSR count). The van der Waals surface area contributed by atoms with Gasteiger partial charge in [0, 0.05) is 25.7 Å². The molecule has 0 saturated heterocycles. The van der Waals surface area contributed by atoms with Crippen LogP contribution >= 0.6 is 0 Å². The summed E-state index contributed by atoms with van der Waals surface area (Å²) in [6, 6.07) is 20.7. The average Bonchev–Trinajstić information content (AvgIpc) is 3.31. The lowest BCUT2D eigenvalue weighted by Gasteiger charge is -2.12. The third kappa shape index (κ3) is 3.74. The maximum Gasteiger partial charge on any atom is 0.0700 e. The molecule has 0 amide bonds. The van der Waals surface area contributed by atoms with Gasteiger partial charge in [-0.3, -0.25) is 5.01 Å². The van der Waals surface area contributed by atoms with E-state index in [0.29, 0.717) is 0 Å². The molecule has 0 fully saturated rings. The number of nitrogens with zero attached hydrogens (tertiary/aromatic N) is 2. The van der Waals surface area contributed by atoms with Crippen molar-refractivity contribution < 1.29 is 0 Å². The van der Waals surface area contributed by atoms with Crippen molar-refractivity contribution in [3.05, 3.63) is 78.5 Å². The van der Waals surface area contributed by atoms with Crippen LogP contribution in [-0.4, -0.2) is 18.8 Å². The molecule has 4 heteroatoms. The molecule has 2 aromatic carbocycles. The number of para-hydroxylation sites is 1. The molecule has 2 N–H and O–H groups in total. The molecule has 2 heterocycles. The summed E-state index contributed by atoms with van der Waals surface area (Å²) in [7, 11) is 0. The number of benzene rings is 2. The second kappa shape index (κ2) is 7.43. The van der Waals surface area contributed by atoms with Gasteiger partial charge in [-0.15, -0.1) is 0 Å². The SMILES string of the molecule is C1=CNNC1.c1ccc(C2=NN(c3ccccc3)CC2)cc1. The summed E-state index contributed by atoms with van der Waals surface area (Å²) in [5.74, 6) is 0. The molecule has 0 radical (unpaired) electrons. The normalized spacial score (nSPS) is 15.8. The van der Waals surface area contributed by atoms with Crippen LogP contribution in [-0.2, 0) is 0 Å². The molecule has 112 valence electrons. The Bertz CT molecular complexity index is 629.